The minimum Gasteiger partial charge on any atom is -0.312 e. The first-order valence-corrected chi connectivity index (χ1v) is 7.01. The molecule has 1 aromatic carbocycles. The van der Waals surface area contributed by atoms with Gasteiger partial charge in [-0.05, 0) is 49.7 Å². The van der Waals surface area contributed by atoms with E-state index in [-0.39, 0.29) is 5.82 Å². The van der Waals surface area contributed by atoms with Gasteiger partial charge in [-0.1, -0.05) is 19.1 Å². The van der Waals surface area contributed by atoms with Crippen LogP contribution in [0, 0.1) is 12.7 Å². The van der Waals surface area contributed by atoms with Crippen molar-refractivity contribution in [1.29, 1.82) is 0 Å². The molecule has 2 rings (SSSR count). The summed E-state index contributed by atoms with van der Waals surface area (Å²) in [5.41, 5.74) is 1.72. The van der Waals surface area contributed by atoms with Crippen molar-refractivity contribution < 1.29 is 4.39 Å². The van der Waals surface area contributed by atoms with Crippen LogP contribution in [0.3, 0.4) is 0 Å². The minimum absolute atomic E-state index is 0.136. The standard InChI is InChI=1S/C15H18FNS/c1-4-13(17-3)15-9-8-14(18-15)11-6-5-7-12(16)10(11)2/h5-9,13,17H,4H2,1-3H3. The topological polar surface area (TPSA) is 12.0 Å². The van der Waals surface area contributed by atoms with Gasteiger partial charge >= 0.3 is 0 Å². The van der Waals surface area contributed by atoms with E-state index in [4.69, 9.17) is 0 Å². The lowest BCUT2D eigenvalue weighted by Crippen LogP contribution is -2.13. The van der Waals surface area contributed by atoms with E-state index < -0.39 is 0 Å². The Morgan fingerprint density at radius 3 is 2.72 bits per heavy atom. The molecule has 1 atom stereocenters. The predicted octanol–water partition coefficient (Wildman–Crippen LogP) is 4.53. The molecule has 0 spiro atoms. The average Bonchev–Trinajstić information content (AvgIpc) is 2.84. The summed E-state index contributed by atoms with van der Waals surface area (Å²) in [6, 6.07) is 9.87. The van der Waals surface area contributed by atoms with Gasteiger partial charge in [0.15, 0.2) is 0 Å². The summed E-state index contributed by atoms with van der Waals surface area (Å²) in [7, 11) is 1.97. The molecule has 0 saturated heterocycles. The molecule has 0 fully saturated rings. The minimum atomic E-state index is -0.136. The number of hydrogen-bond acceptors (Lipinski definition) is 2. The average molecular weight is 263 g/mol. The van der Waals surface area contributed by atoms with Crippen molar-refractivity contribution in [3.8, 4) is 10.4 Å². The van der Waals surface area contributed by atoms with Crippen LogP contribution in [0.2, 0.25) is 0 Å². The molecule has 2 aromatic rings. The van der Waals surface area contributed by atoms with Crippen LogP contribution in [0.15, 0.2) is 30.3 Å². The van der Waals surface area contributed by atoms with Crippen LogP contribution in [0.4, 0.5) is 4.39 Å². The number of benzene rings is 1. The summed E-state index contributed by atoms with van der Waals surface area (Å²) in [6.07, 6.45) is 1.05. The van der Waals surface area contributed by atoms with E-state index in [2.05, 4.69) is 24.4 Å². The first-order valence-electron chi connectivity index (χ1n) is 6.19. The van der Waals surface area contributed by atoms with E-state index >= 15 is 0 Å². The molecular formula is C15H18FNS. The van der Waals surface area contributed by atoms with Gasteiger partial charge in [-0.2, -0.15) is 0 Å². The van der Waals surface area contributed by atoms with Crippen molar-refractivity contribution in [1.82, 2.24) is 5.32 Å². The van der Waals surface area contributed by atoms with E-state index in [1.54, 1.807) is 17.4 Å². The van der Waals surface area contributed by atoms with Gasteiger partial charge in [-0.3, -0.25) is 0 Å². The van der Waals surface area contributed by atoms with Crippen molar-refractivity contribution >= 4 is 11.3 Å². The smallest absolute Gasteiger partial charge is 0.126 e. The van der Waals surface area contributed by atoms with Gasteiger partial charge in [0.1, 0.15) is 5.82 Å². The van der Waals surface area contributed by atoms with Crippen molar-refractivity contribution in [2.45, 2.75) is 26.3 Å². The highest BCUT2D eigenvalue weighted by Crippen LogP contribution is 2.34. The molecule has 0 radical (unpaired) electrons. The Bertz CT molecular complexity index is 529. The quantitative estimate of drug-likeness (QED) is 0.854. The summed E-state index contributed by atoms with van der Waals surface area (Å²) in [5.74, 6) is -0.136. The third-order valence-corrected chi connectivity index (χ3v) is 4.49. The summed E-state index contributed by atoms with van der Waals surface area (Å²) in [6.45, 7) is 3.99. The van der Waals surface area contributed by atoms with Crippen LogP contribution in [-0.2, 0) is 0 Å². The van der Waals surface area contributed by atoms with Gasteiger partial charge in [0.25, 0.3) is 0 Å². The normalized spacial score (nSPS) is 12.7. The van der Waals surface area contributed by atoms with Gasteiger partial charge in [0, 0.05) is 15.8 Å². The molecule has 1 nitrogen and oxygen atoms in total. The molecule has 1 heterocycles. The molecule has 0 amide bonds. The van der Waals surface area contributed by atoms with E-state index in [0.717, 1.165) is 22.4 Å². The second-order valence-corrected chi connectivity index (χ2v) is 5.48. The van der Waals surface area contributed by atoms with E-state index in [0.29, 0.717) is 6.04 Å². The molecule has 3 heteroatoms. The van der Waals surface area contributed by atoms with Crippen molar-refractivity contribution in [2.75, 3.05) is 7.05 Å². The van der Waals surface area contributed by atoms with Crippen LogP contribution in [0.1, 0.15) is 29.8 Å². The van der Waals surface area contributed by atoms with Gasteiger partial charge in [0.2, 0.25) is 0 Å². The fraction of sp³-hybridized carbons (Fsp3) is 0.333. The molecular weight excluding hydrogens is 245 g/mol. The summed E-state index contributed by atoms with van der Waals surface area (Å²) >= 11 is 1.74. The molecule has 0 aliphatic rings. The largest absolute Gasteiger partial charge is 0.312 e. The molecule has 0 bridgehead atoms. The predicted molar refractivity (Wildman–Crippen MR) is 76.5 cm³/mol. The highest BCUT2D eigenvalue weighted by Gasteiger charge is 2.12. The number of halogens is 1. The number of rotatable bonds is 4. The number of hydrogen-bond donors (Lipinski definition) is 1. The second-order valence-electron chi connectivity index (χ2n) is 4.36. The zero-order chi connectivity index (χ0) is 13.1. The molecule has 18 heavy (non-hydrogen) atoms. The lowest BCUT2D eigenvalue weighted by atomic mass is 10.1. The maximum absolute atomic E-state index is 13.6. The van der Waals surface area contributed by atoms with Gasteiger partial charge in [-0.25, -0.2) is 4.39 Å². The van der Waals surface area contributed by atoms with E-state index in [1.165, 1.54) is 10.9 Å². The number of thiophene rings is 1. The Morgan fingerprint density at radius 1 is 1.28 bits per heavy atom. The van der Waals surface area contributed by atoms with E-state index in [9.17, 15) is 4.39 Å². The molecule has 0 aliphatic carbocycles. The van der Waals surface area contributed by atoms with Crippen molar-refractivity contribution in [2.24, 2.45) is 0 Å². The van der Waals surface area contributed by atoms with Gasteiger partial charge < -0.3 is 5.32 Å². The maximum Gasteiger partial charge on any atom is 0.126 e. The third-order valence-electron chi connectivity index (χ3n) is 3.26. The lowest BCUT2D eigenvalue weighted by Gasteiger charge is -2.10. The summed E-state index contributed by atoms with van der Waals surface area (Å²) in [5, 5.41) is 3.30. The summed E-state index contributed by atoms with van der Waals surface area (Å²) in [4.78, 5) is 2.44. The van der Waals surface area contributed by atoms with Crippen molar-refractivity contribution in [3.63, 3.8) is 0 Å². The Balaban J connectivity index is 2.38. The molecule has 1 unspecified atom stereocenters. The fourth-order valence-corrected chi connectivity index (χ4v) is 3.39. The van der Waals surface area contributed by atoms with Crippen molar-refractivity contribution in [3.05, 3.63) is 46.6 Å². The Morgan fingerprint density at radius 2 is 2.06 bits per heavy atom. The van der Waals surface area contributed by atoms with Crippen LogP contribution in [0.5, 0.6) is 0 Å². The molecule has 1 aromatic heterocycles. The first kappa shape index (κ1) is 13.2. The van der Waals surface area contributed by atoms with Gasteiger partial charge in [-0.15, -0.1) is 11.3 Å². The van der Waals surface area contributed by atoms with Gasteiger partial charge in [0.05, 0.1) is 0 Å². The Labute approximate surface area is 112 Å². The highest BCUT2D eigenvalue weighted by atomic mass is 32.1. The van der Waals surface area contributed by atoms with E-state index in [1.807, 2.05) is 20.0 Å². The Hall–Kier alpha value is -1.19. The Kier molecular flexibility index (Phi) is 4.15. The zero-order valence-electron chi connectivity index (χ0n) is 11.0. The third kappa shape index (κ3) is 2.47. The molecule has 1 N–H and O–H groups in total. The number of nitrogens with one attached hydrogen (secondary N) is 1. The second kappa shape index (κ2) is 5.63. The first-order chi connectivity index (χ1) is 8.67. The molecule has 96 valence electrons. The zero-order valence-corrected chi connectivity index (χ0v) is 11.8. The molecule has 0 aliphatic heterocycles. The van der Waals surface area contributed by atoms with Crippen LogP contribution < -0.4 is 5.32 Å². The van der Waals surface area contributed by atoms with Crippen LogP contribution in [-0.4, -0.2) is 7.05 Å². The molecule has 0 saturated carbocycles. The fourth-order valence-electron chi connectivity index (χ4n) is 2.11. The lowest BCUT2D eigenvalue weighted by molar-refractivity contribution is 0.586. The van der Waals surface area contributed by atoms with Crippen LogP contribution >= 0.6 is 11.3 Å². The summed E-state index contributed by atoms with van der Waals surface area (Å²) < 4.78 is 13.6. The maximum atomic E-state index is 13.6. The van der Waals surface area contributed by atoms with Crippen LogP contribution in [0.25, 0.3) is 10.4 Å². The monoisotopic (exact) mass is 263 g/mol. The SMILES string of the molecule is CCC(NC)c1ccc(-c2cccc(F)c2C)s1. The highest BCUT2D eigenvalue weighted by molar-refractivity contribution is 7.15.